The average Bonchev–Trinajstić information content (AvgIpc) is 2.59. The van der Waals surface area contributed by atoms with Crippen LogP contribution in [0.15, 0.2) is 36.5 Å². The number of pyridine rings is 1. The number of hydrogen-bond acceptors (Lipinski definition) is 5. The predicted octanol–water partition coefficient (Wildman–Crippen LogP) is 2.28. The SMILES string of the molecule is COC(=N)CNC(=O)c1ncc(-c2ccc(C#N)cc2)cc1C. The maximum absolute atomic E-state index is 12.1. The molecule has 0 unspecified atom stereocenters. The Morgan fingerprint density at radius 3 is 2.61 bits per heavy atom. The minimum atomic E-state index is -0.351. The fourth-order valence-corrected chi connectivity index (χ4v) is 2.02. The minimum Gasteiger partial charge on any atom is -0.483 e. The fraction of sp³-hybridized carbons (Fsp3) is 0.176. The van der Waals surface area contributed by atoms with Crippen molar-refractivity contribution in [3.8, 4) is 17.2 Å². The van der Waals surface area contributed by atoms with Crippen LogP contribution >= 0.6 is 0 Å². The number of methoxy groups -OCH3 is 1. The fourth-order valence-electron chi connectivity index (χ4n) is 2.02. The van der Waals surface area contributed by atoms with E-state index in [0.717, 1.165) is 16.7 Å². The number of nitrogens with one attached hydrogen (secondary N) is 2. The van der Waals surface area contributed by atoms with Crippen LogP contribution < -0.4 is 5.32 Å². The Bertz CT molecular complexity index is 776. The Morgan fingerprint density at radius 2 is 2.04 bits per heavy atom. The lowest BCUT2D eigenvalue weighted by molar-refractivity contribution is 0.0951. The molecule has 1 aromatic carbocycles. The molecule has 2 aromatic rings. The summed E-state index contributed by atoms with van der Waals surface area (Å²) in [6.07, 6.45) is 1.62. The summed E-state index contributed by atoms with van der Waals surface area (Å²) in [5, 5.41) is 18.7. The molecule has 6 nitrogen and oxygen atoms in total. The molecule has 0 spiro atoms. The molecule has 6 heteroatoms. The van der Waals surface area contributed by atoms with Gasteiger partial charge in [0.25, 0.3) is 5.91 Å². The number of nitriles is 1. The number of nitrogens with zero attached hydrogens (tertiary/aromatic N) is 2. The van der Waals surface area contributed by atoms with Crippen molar-refractivity contribution < 1.29 is 9.53 Å². The van der Waals surface area contributed by atoms with E-state index in [2.05, 4.69) is 21.1 Å². The molecule has 116 valence electrons. The van der Waals surface area contributed by atoms with Gasteiger partial charge in [0, 0.05) is 11.8 Å². The van der Waals surface area contributed by atoms with Crippen LogP contribution in [0.5, 0.6) is 0 Å². The molecule has 1 amide bonds. The van der Waals surface area contributed by atoms with Crippen LogP contribution in [0.4, 0.5) is 0 Å². The summed E-state index contributed by atoms with van der Waals surface area (Å²) in [6.45, 7) is 1.82. The second kappa shape index (κ2) is 7.18. The molecule has 0 saturated carbocycles. The summed E-state index contributed by atoms with van der Waals surface area (Å²) in [4.78, 5) is 16.3. The largest absolute Gasteiger partial charge is 0.483 e. The monoisotopic (exact) mass is 308 g/mol. The zero-order chi connectivity index (χ0) is 16.8. The van der Waals surface area contributed by atoms with Gasteiger partial charge in [-0.15, -0.1) is 0 Å². The van der Waals surface area contributed by atoms with E-state index in [0.29, 0.717) is 11.3 Å². The van der Waals surface area contributed by atoms with E-state index in [1.54, 1.807) is 25.3 Å². The number of aryl methyl sites for hydroxylation is 1. The molecule has 1 aromatic heterocycles. The minimum absolute atomic E-state index is 0.0217. The summed E-state index contributed by atoms with van der Waals surface area (Å²) < 4.78 is 4.69. The highest BCUT2D eigenvalue weighted by Crippen LogP contribution is 2.21. The second-order valence-corrected chi connectivity index (χ2v) is 4.89. The van der Waals surface area contributed by atoms with Crippen molar-refractivity contribution in [3.63, 3.8) is 0 Å². The smallest absolute Gasteiger partial charge is 0.270 e. The second-order valence-electron chi connectivity index (χ2n) is 4.89. The third-order valence-corrected chi connectivity index (χ3v) is 3.30. The molecular weight excluding hydrogens is 292 g/mol. The molecule has 2 rings (SSSR count). The van der Waals surface area contributed by atoms with Crippen molar-refractivity contribution in [3.05, 3.63) is 53.3 Å². The Hall–Kier alpha value is -3.20. The van der Waals surface area contributed by atoms with Crippen LogP contribution in [0.3, 0.4) is 0 Å². The van der Waals surface area contributed by atoms with Crippen LogP contribution in [0.2, 0.25) is 0 Å². The molecule has 0 radical (unpaired) electrons. The summed E-state index contributed by atoms with van der Waals surface area (Å²) >= 11 is 0. The Balaban J connectivity index is 2.18. The third kappa shape index (κ3) is 3.92. The first-order chi connectivity index (χ1) is 11.0. The third-order valence-electron chi connectivity index (χ3n) is 3.30. The van der Waals surface area contributed by atoms with Gasteiger partial charge in [0.15, 0.2) is 5.90 Å². The van der Waals surface area contributed by atoms with E-state index >= 15 is 0 Å². The zero-order valence-corrected chi connectivity index (χ0v) is 12.9. The van der Waals surface area contributed by atoms with Gasteiger partial charge in [-0.1, -0.05) is 12.1 Å². The van der Waals surface area contributed by atoms with Gasteiger partial charge in [-0.3, -0.25) is 15.2 Å². The highest BCUT2D eigenvalue weighted by atomic mass is 16.5. The zero-order valence-electron chi connectivity index (χ0n) is 12.9. The van der Waals surface area contributed by atoms with Gasteiger partial charge in [0.2, 0.25) is 0 Å². The summed E-state index contributed by atoms with van der Waals surface area (Å²) in [5.74, 6) is -0.374. The predicted molar refractivity (Wildman–Crippen MR) is 86.2 cm³/mol. The van der Waals surface area contributed by atoms with Crippen LogP contribution in [0.1, 0.15) is 21.6 Å². The van der Waals surface area contributed by atoms with E-state index in [1.807, 2.05) is 18.2 Å². The number of ether oxygens (including phenoxy) is 1. The molecule has 0 aliphatic rings. The Kier molecular flexibility index (Phi) is 5.05. The van der Waals surface area contributed by atoms with Crippen LogP contribution in [0.25, 0.3) is 11.1 Å². The van der Waals surface area contributed by atoms with E-state index in [-0.39, 0.29) is 18.3 Å². The number of rotatable bonds is 4. The molecule has 0 fully saturated rings. The lowest BCUT2D eigenvalue weighted by Gasteiger charge is -2.09. The van der Waals surface area contributed by atoms with Crippen LogP contribution in [-0.2, 0) is 4.74 Å². The maximum atomic E-state index is 12.1. The van der Waals surface area contributed by atoms with E-state index in [1.165, 1.54) is 7.11 Å². The molecular formula is C17H16N4O2. The molecule has 0 atom stereocenters. The number of benzene rings is 1. The number of hydrogen-bond donors (Lipinski definition) is 2. The number of carbonyl (C=O) groups excluding carboxylic acids is 1. The van der Waals surface area contributed by atoms with Crippen molar-refractivity contribution in [2.45, 2.75) is 6.92 Å². The lowest BCUT2D eigenvalue weighted by Crippen LogP contribution is -2.30. The molecule has 0 aliphatic carbocycles. The molecule has 1 heterocycles. The molecule has 0 saturated heterocycles. The number of aromatic nitrogens is 1. The lowest BCUT2D eigenvalue weighted by atomic mass is 10.0. The summed E-state index contributed by atoms with van der Waals surface area (Å²) in [5.41, 5.74) is 3.43. The first-order valence-corrected chi connectivity index (χ1v) is 6.92. The van der Waals surface area contributed by atoms with Gasteiger partial charge >= 0.3 is 0 Å². The topological polar surface area (TPSA) is 98.9 Å². The standard InChI is InChI=1S/C17H16N4O2/c1-11-7-14(13-5-3-12(8-18)4-6-13)9-20-16(11)17(22)21-10-15(19)23-2/h3-7,9,19H,10H2,1-2H3,(H,21,22). The van der Waals surface area contributed by atoms with Gasteiger partial charge in [0.05, 0.1) is 25.3 Å². The molecule has 2 N–H and O–H groups in total. The Labute approximate surface area is 134 Å². The highest BCUT2D eigenvalue weighted by Gasteiger charge is 2.12. The first kappa shape index (κ1) is 16.2. The van der Waals surface area contributed by atoms with Gasteiger partial charge in [0.1, 0.15) is 5.69 Å². The molecule has 0 bridgehead atoms. The normalized spacial score (nSPS) is 9.78. The van der Waals surface area contributed by atoms with Crippen LogP contribution in [-0.4, -0.2) is 30.4 Å². The van der Waals surface area contributed by atoms with Crippen molar-refractivity contribution in [1.29, 1.82) is 10.7 Å². The Morgan fingerprint density at radius 1 is 1.35 bits per heavy atom. The van der Waals surface area contributed by atoms with Crippen molar-refractivity contribution >= 4 is 11.8 Å². The average molecular weight is 308 g/mol. The van der Waals surface area contributed by atoms with Gasteiger partial charge in [-0.25, -0.2) is 0 Å². The van der Waals surface area contributed by atoms with Gasteiger partial charge in [-0.05, 0) is 36.2 Å². The van der Waals surface area contributed by atoms with Gasteiger partial charge < -0.3 is 10.1 Å². The van der Waals surface area contributed by atoms with E-state index in [9.17, 15) is 4.79 Å². The summed E-state index contributed by atoms with van der Waals surface area (Å²) in [7, 11) is 1.38. The first-order valence-electron chi connectivity index (χ1n) is 6.92. The number of amides is 1. The maximum Gasteiger partial charge on any atom is 0.270 e. The van der Waals surface area contributed by atoms with Crippen molar-refractivity contribution in [2.24, 2.45) is 0 Å². The molecule has 23 heavy (non-hydrogen) atoms. The van der Waals surface area contributed by atoms with Crippen molar-refractivity contribution in [2.75, 3.05) is 13.7 Å². The van der Waals surface area contributed by atoms with E-state index < -0.39 is 0 Å². The van der Waals surface area contributed by atoms with Crippen molar-refractivity contribution in [1.82, 2.24) is 10.3 Å². The highest BCUT2D eigenvalue weighted by molar-refractivity contribution is 5.96. The van der Waals surface area contributed by atoms with E-state index in [4.69, 9.17) is 10.7 Å². The summed E-state index contributed by atoms with van der Waals surface area (Å²) in [6, 6.07) is 11.1. The van der Waals surface area contributed by atoms with Crippen LogP contribution in [0, 0.1) is 23.7 Å². The van der Waals surface area contributed by atoms with Gasteiger partial charge in [-0.2, -0.15) is 5.26 Å². The molecule has 0 aliphatic heterocycles. The quantitative estimate of drug-likeness (QED) is 0.668. The number of carbonyl (C=O) groups is 1.